The second-order valence-electron chi connectivity index (χ2n) is 5.25. The van der Waals surface area contributed by atoms with Gasteiger partial charge in [0.25, 0.3) is 0 Å². The van der Waals surface area contributed by atoms with Crippen LogP contribution in [-0.4, -0.2) is 28.4 Å². The van der Waals surface area contributed by atoms with Gasteiger partial charge in [0, 0.05) is 24.6 Å². The van der Waals surface area contributed by atoms with Gasteiger partial charge in [-0.2, -0.15) is 0 Å². The molecule has 26 heavy (non-hydrogen) atoms. The molecule has 0 aromatic rings. The molecule has 0 aliphatic rings. The molecule has 5 nitrogen and oxygen atoms in total. The van der Waals surface area contributed by atoms with Gasteiger partial charge in [-0.3, -0.25) is 4.99 Å². The zero-order chi connectivity index (χ0) is 19.6. The zero-order valence-electron chi connectivity index (χ0n) is 15.0. The average Bonchev–Trinajstić information content (AvgIpc) is 2.59. The molecule has 5 heteroatoms. The Morgan fingerprint density at radius 3 is 2.31 bits per heavy atom. The molecule has 0 fully saturated rings. The maximum atomic E-state index is 10.4. The van der Waals surface area contributed by atoms with Crippen molar-refractivity contribution in [2.24, 2.45) is 10.9 Å². The number of hydrogen-bond acceptors (Lipinski definition) is 3. The van der Waals surface area contributed by atoms with Crippen LogP contribution in [0.25, 0.3) is 0 Å². The monoisotopic (exact) mass is 355 g/mol. The van der Waals surface area contributed by atoms with Crippen molar-refractivity contribution in [2.45, 2.75) is 20.3 Å². The number of nitrogens with zero attached hydrogens (tertiary/aromatic N) is 1. The Morgan fingerprint density at radius 2 is 1.62 bits per heavy atom. The van der Waals surface area contributed by atoms with Gasteiger partial charge in [-0.1, -0.05) is 61.1 Å². The van der Waals surface area contributed by atoms with E-state index in [0.29, 0.717) is 0 Å². The molecule has 2 N–H and O–H groups in total. The summed E-state index contributed by atoms with van der Waals surface area (Å²) in [5, 5.41) is 17.0. The summed E-state index contributed by atoms with van der Waals surface area (Å²) in [4.78, 5) is 24.8. The van der Waals surface area contributed by atoms with E-state index in [1.807, 2.05) is 50.3 Å². The van der Waals surface area contributed by atoms with Gasteiger partial charge in [0.1, 0.15) is 0 Å². The smallest absolute Gasteiger partial charge is 0.328 e. The molecule has 0 aliphatic carbocycles. The van der Waals surface area contributed by atoms with Crippen molar-refractivity contribution in [1.82, 2.24) is 0 Å². The first-order valence-electron chi connectivity index (χ1n) is 8.09. The van der Waals surface area contributed by atoms with E-state index in [0.717, 1.165) is 24.1 Å². The number of hydrogen-bond donors (Lipinski definition) is 2. The number of carbonyl (C=O) groups is 2. The summed E-state index contributed by atoms with van der Waals surface area (Å²) in [6.07, 6.45) is 24.3. The summed E-state index contributed by atoms with van der Waals surface area (Å²) in [5.74, 6) is -1.88. The minimum Gasteiger partial charge on any atom is -0.478 e. The quantitative estimate of drug-likeness (QED) is 0.325. The summed E-state index contributed by atoms with van der Waals surface area (Å²) in [7, 11) is 0. The zero-order valence-corrected chi connectivity index (χ0v) is 15.0. The number of aliphatic imine (C=N–C) groups is 1. The Morgan fingerprint density at radius 1 is 0.923 bits per heavy atom. The first-order chi connectivity index (χ1) is 12.4. The maximum absolute atomic E-state index is 10.4. The Labute approximate surface area is 154 Å². The fourth-order valence-electron chi connectivity index (χ4n) is 1.53. The molecular formula is C21H25NO4. The largest absolute Gasteiger partial charge is 0.478 e. The number of rotatable bonds is 11. The minimum atomic E-state index is -0.955. The predicted molar refractivity (Wildman–Crippen MR) is 106 cm³/mol. The lowest BCUT2D eigenvalue weighted by molar-refractivity contribution is -0.132. The summed E-state index contributed by atoms with van der Waals surface area (Å²) in [6, 6.07) is 0. The van der Waals surface area contributed by atoms with Gasteiger partial charge in [-0.25, -0.2) is 9.59 Å². The molecule has 0 rings (SSSR count). The summed E-state index contributed by atoms with van der Waals surface area (Å²) in [6.45, 7) is 3.73. The van der Waals surface area contributed by atoms with Crippen molar-refractivity contribution < 1.29 is 19.8 Å². The number of carboxylic acid groups (broad SMARTS) is 2. The molecule has 0 saturated carbocycles. The van der Waals surface area contributed by atoms with Gasteiger partial charge < -0.3 is 10.2 Å². The van der Waals surface area contributed by atoms with Crippen LogP contribution in [0.1, 0.15) is 20.3 Å². The Kier molecular flexibility index (Phi) is 13.4. The normalized spacial score (nSPS) is 15.1. The van der Waals surface area contributed by atoms with E-state index in [-0.39, 0.29) is 5.92 Å². The van der Waals surface area contributed by atoms with Crippen molar-refractivity contribution in [3.63, 3.8) is 0 Å². The molecule has 1 atom stereocenters. The molecule has 0 aliphatic heterocycles. The lowest BCUT2D eigenvalue weighted by Gasteiger charge is -1.93. The highest BCUT2D eigenvalue weighted by atomic mass is 16.4. The first kappa shape index (κ1) is 22.8. The van der Waals surface area contributed by atoms with Crippen molar-refractivity contribution in [1.29, 1.82) is 0 Å². The number of allylic oxidation sites excluding steroid dienone is 11. The van der Waals surface area contributed by atoms with Crippen LogP contribution >= 0.6 is 0 Å². The number of aliphatic carboxylic acids is 2. The van der Waals surface area contributed by atoms with Crippen LogP contribution in [-0.2, 0) is 9.59 Å². The third-order valence-electron chi connectivity index (χ3n) is 2.84. The van der Waals surface area contributed by atoms with Crippen molar-refractivity contribution in [3.8, 4) is 0 Å². The number of carboxylic acids is 2. The lowest BCUT2D eigenvalue weighted by atomic mass is 10.1. The second kappa shape index (κ2) is 15.3. The maximum Gasteiger partial charge on any atom is 0.328 e. The molecule has 0 aromatic carbocycles. The van der Waals surface area contributed by atoms with Gasteiger partial charge in [0.15, 0.2) is 0 Å². The molecule has 0 spiro atoms. The van der Waals surface area contributed by atoms with Gasteiger partial charge in [0.05, 0.1) is 0 Å². The van der Waals surface area contributed by atoms with E-state index in [2.05, 4.69) is 4.99 Å². The molecule has 0 saturated heterocycles. The highest BCUT2D eigenvalue weighted by Gasteiger charge is 1.90. The standard InChI is InChI=1S/C21H25NO4/c1-18(12-14-20(23)24)10-7-5-3-4-6-8-16-22-17-9-11-19(2)13-15-21(25)26/h3-6,8-17,19H,7H2,1-2H3,(H,23,24)(H,25,26)/b5-3?,6-4+,11-9+,14-12?,15-13+,16-8+,18-10?,22-17+. The molecule has 0 radical (unpaired) electrons. The third kappa shape index (κ3) is 17.1. The van der Waals surface area contributed by atoms with Crippen LogP contribution in [0.2, 0.25) is 0 Å². The van der Waals surface area contributed by atoms with E-state index in [9.17, 15) is 9.59 Å². The predicted octanol–water partition coefficient (Wildman–Crippen LogP) is 4.49. The highest BCUT2D eigenvalue weighted by molar-refractivity contribution is 5.80. The highest BCUT2D eigenvalue weighted by Crippen LogP contribution is 1.99. The molecule has 0 amide bonds. The average molecular weight is 355 g/mol. The van der Waals surface area contributed by atoms with Crippen molar-refractivity contribution in [2.75, 3.05) is 0 Å². The first-order valence-corrected chi connectivity index (χ1v) is 8.09. The fraction of sp³-hybridized carbons (Fsp3) is 0.190. The summed E-state index contributed by atoms with van der Waals surface area (Å²) < 4.78 is 0. The fourth-order valence-corrected chi connectivity index (χ4v) is 1.53. The van der Waals surface area contributed by atoms with Crippen LogP contribution < -0.4 is 0 Å². The van der Waals surface area contributed by atoms with Crippen LogP contribution in [0.4, 0.5) is 0 Å². The van der Waals surface area contributed by atoms with Crippen molar-refractivity contribution >= 4 is 18.2 Å². The molecule has 0 bridgehead atoms. The molecule has 1 unspecified atom stereocenters. The van der Waals surface area contributed by atoms with Crippen LogP contribution in [0.3, 0.4) is 0 Å². The SMILES string of the molecule is CC(C=CC(=O)O)=CCC=C/C=C/C=C/N=C/C=C/C(C)/C=C/C(=O)O. The third-order valence-corrected chi connectivity index (χ3v) is 2.84. The van der Waals surface area contributed by atoms with Crippen LogP contribution in [0, 0.1) is 5.92 Å². The van der Waals surface area contributed by atoms with E-state index < -0.39 is 11.9 Å². The molecule has 0 heterocycles. The van der Waals surface area contributed by atoms with Gasteiger partial charge >= 0.3 is 11.9 Å². The van der Waals surface area contributed by atoms with Gasteiger partial charge in [0.2, 0.25) is 0 Å². The second-order valence-corrected chi connectivity index (χ2v) is 5.25. The van der Waals surface area contributed by atoms with Crippen molar-refractivity contribution in [3.05, 3.63) is 84.7 Å². The van der Waals surface area contributed by atoms with E-state index in [1.165, 1.54) is 0 Å². The topological polar surface area (TPSA) is 87.0 Å². The molecule has 138 valence electrons. The van der Waals surface area contributed by atoms with Crippen LogP contribution in [0.5, 0.6) is 0 Å². The molecular weight excluding hydrogens is 330 g/mol. The van der Waals surface area contributed by atoms with Gasteiger partial charge in [-0.05, 0) is 31.4 Å². The minimum absolute atomic E-state index is 0.0314. The summed E-state index contributed by atoms with van der Waals surface area (Å²) >= 11 is 0. The Bertz CT molecular complexity index is 674. The summed E-state index contributed by atoms with van der Waals surface area (Å²) in [5.41, 5.74) is 0.899. The Balaban J connectivity index is 4.09. The van der Waals surface area contributed by atoms with E-state index in [1.54, 1.807) is 36.7 Å². The lowest BCUT2D eigenvalue weighted by Crippen LogP contribution is -1.89. The van der Waals surface area contributed by atoms with E-state index in [4.69, 9.17) is 10.2 Å². The molecule has 0 aromatic heterocycles. The Hall–Kier alpha value is -3.21. The van der Waals surface area contributed by atoms with Crippen LogP contribution in [0.15, 0.2) is 89.7 Å². The van der Waals surface area contributed by atoms with E-state index >= 15 is 0 Å². The van der Waals surface area contributed by atoms with Gasteiger partial charge in [-0.15, -0.1) is 0 Å².